The van der Waals surface area contributed by atoms with Crippen LogP contribution in [0.2, 0.25) is 0 Å². The lowest BCUT2D eigenvalue weighted by atomic mass is 10.1. The first-order chi connectivity index (χ1) is 14.6. The van der Waals surface area contributed by atoms with E-state index in [1.54, 1.807) is 26.1 Å². The summed E-state index contributed by atoms with van der Waals surface area (Å²) in [5, 5.41) is 3.47. The van der Waals surface area contributed by atoms with E-state index in [1.807, 2.05) is 12.1 Å². The molecule has 3 rings (SSSR count). The van der Waals surface area contributed by atoms with Crippen LogP contribution < -0.4 is 15.0 Å². The number of carbonyl (C=O) groups is 1. The molecule has 2 aliphatic heterocycles. The summed E-state index contributed by atoms with van der Waals surface area (Å²) >= 11 is 0. The molecule has 2 fully saturated rings. The summed E-state index contributed by atoms with van der Waals surface area (Å²) in [6, 6.07) is 8.16. The SMILES string of the molecule is COc1cccc(N2CCN(C(=NCC(=O)N(C)C)NCC3CCCCO3)CC2)c1.I. The molecule has 0 aromatic heterocycles. The molecule has 1 aromatic rings. The predicted octanol–water partition coefficient (Wildman–Crippen LogP) is 2.04. The van der Waals surface area contributed by atoms with E-state index in [9.17, 15) is 4.79 Å². The number of carbonyl (C=O) groups excluding carboxylic acids is 1. The van der Waals surface area contributed by atoms with Crippen LogP contribution in [0.4, 0.5) is 5.69 Å². The van der Waals surface area contributed by atoms with Crippen molar-refractivity contribution in [2.45, 2.75) is 25.4 Å². The number of likely N-dealkylation sites (N-methyl/N-ethyl adjacent to an activating group) is 1. The van der Waals surface area contributed by atoms with Gasteiger partial charge in [-0.2, -0.15) is 0 Å². The Labute approximate surface area is 203 Å². The Morgan fingerprint density at radius 2 is 2.03 bits per heavy atom. The molecule has 2 saturated heterocycles. The van der Waals surface area contributed by atoms with Gasteiger partial charge < -0.3 is 29.5 Å². The summed E-state index contributed by atoms with van der Waals surface area (Å²) in [5.41, 5.74) is 1.17. The molecule has 0 saturated carbocycles. The molecule has 0 bridgehead atoms. The molecule has 31 heavy (non-hydrogen) atoms. The van der Waals surface area contributed by atoms with E-state index in [1.165, 1.54) is 12.1 Å². The van der Waals surface area contributed by atoms with Gasteiger partial charge in [-0.25, -0.2) is 4.99 Å². The van der Waals surface area contributed by atoms with E-state index < -0.39 is 0 Å². The second-order valence-electron chi connectivity index (χ2n) is 7.97. The summed E-state index contributed by atoms with van der Waals surface area (Å²) in [4.78, 5) is 22.9. The molecule has 0 aliphatic carbocycles. The summed E-state index contributed by atoms with van der Waals surface area (Å²) < 4.78 is 11.2. The molecule has 174 valence electrons. The Kier molecular flexibility index (Phi) is 10.7. The number of halogens is 1. The Balaban J connectivity index is 0.00000341. The van der Waals surface area contributed by atoms with Crippen molar-refractivity contribution in [2.24, 2.45) is 4.99 Å². The molecule has 0 radical (unpaired) electrons. The Morgan fingerprint density at radius 3 is 2.68 bits per heavy atom. The molecule has 2 heterocycles. The number of aliphatic imine (C=N–C) groups is 1. The molecule has 9 heteroatoms. The van der Waals surface area contributed by atoms with Gasteiger partial charge in [-0.1, -0.05) is 6.07 Å². The number of benzene rings is 1. The Bertz CT molecular complexity index is 717. The fourth-order valence-corrected chi connectivity index (χ4v) is 3.71. The number of methoxy groups -OCH3 is 1. The van der Waals surface area contributed by atoms with Crippen LogP contribution >= 0.6 is 24.0 Å². The molecule has 1 amide bonds. The highest BCUT2D eigenvalue weighted by molar-refractivity contribution is 14.0. The third-order valence-electron chi connectivity index (χ3n) is 5.62. The van der Waals surface area contributed by atoms with Crippen LogP contribution in [0, 0.1) is 0 Å². The number of hydrogen-bond donors (Lipinski definition) is 1. The summed E-state index contributed by atoms with van der Waals surface area (Å²) in [6.45, 7) is 5.15. The number of nitrogens with zero attached hydrogens (tertiary/aromatic N) is 4. The minimum absolute atomic E-state index is 0. The third-order valence-corrected chi connectivity index (χ3v) is 5.62. The summed E-state index contributed by atoms with van der Waals surface area (Å²) in [5.74, 6) is 1.66. The van der Waals surface area contributed by atoms with E-state index in [-0.39, 0.29) is 42.5 Å². The number of nitrogens with one attached hydrogen (secondary N) is 1. The molecule has 2 aliphatic rings. The normalized spacial score (nSPS) is 19.5. The van der Waals surface area contributed by atoms with E-state index in [2.05, 4.69) is 32.2 Å². The first kappa shape index (κ1) is 25.5. The summed E-state index contributed by atoms with van der Waals surface area (Å²) in [6.07, 6.45) is 3.63. The minimum Gasteiger partial charge on any atom is -0.497 e. The number of anilines is 1. The zero-order chi connectivity index (χ0) is 21.3. The van der Waals surface area contributed by atoms with Gasteiger partial charge in [0.2, 0.25) is 5.91 Å². The Morgan fingerprint density at radius 1 is 1.26 bits per heavy atom. The quantitative estimate of drug-likeness (QED) is 0.336. The van der Waals surface area contributed by atoms with E-state index in [4.69, 9.17) is 9.47 Å². The lowest BCUT2D eigenvalue weighted by Gasteiger charge is -2.38. The standard InChI is InChI=1S/C22H35N5O3.HI/c1-25(2)21(28)17-24-22(23-16-20-8-4-5-14-30-20)27-12-10-26(11-13-27)18-7-6-9-19(15-18)29-3;/h6-7,9,15,20H,4-5,8,10-14,16-17H2,1-3H3,(H,23,24);1H. The van der Waals surface area contributed by atoms with Crippen molar-refractivity contribution in [2.75, 3.05) is 72.0 Å². The van der Waals surface area contributed by atoms with Crippen molar-refractivity contribution in [1.29, 1.82) is 0 Å². The molecule has 8 nitrogen and oxygen atoms in total. The summed E-state index contributed by atoms with van der Waals surface area (Å²) in [7, 11) is 5.21. The average Bonchev–Trinajstić information content (AvgIpc) is 2.79. The number of guanidine groups is 1. The van der Waals surface area contributed by atoms with E-state index in [0.29, 0.717) is 0 Å². The topological polar surface area (TPSA) is 69.6 Å². The van der Waals surface area contributed by atoms with Gasteiger partial charge in [-0.05, 0) is 31.4 Å². The number of piperazine rings is 1. The number of amides is 1. The largest absolute Gasteiger partial charge is 0.497 e. The first-order valence-corrected chi connectivity index (χ1v) is 10.8. The molecular weight excluding hydrogens is 509 g/mol. The van der Waals surface area contributed by atoms with Crippen LogP contribution in [0.15, 0.2) is 29.3 Å². The molecule has 1 aromatic carbocycles. The van der Waals surface area contributed by atoms with Gasteiger partial charge in [-0.3, -0.25) is 4.79 Å². The third kappa shape index (κ3) is 7.71. The van der Waals surface area contributed by atoms with Gasteiger partial charge in [0.05, 0.1) is 13.2 Å². The molecular formula is C22H36IN5O3. The van der Waals surface area contributed by atoms with Crippen molar-refractivity contribution < 1.29 is 14.3 Å². The van der Waals surface area contributed by atoms with Crippen molar-refractivity contribution >= 4 is 41.5 Å². The van der Waals surface area contributed by atoms with Crippen LogP contribution in [0.1, 0.15) is 19.3 Å². The van der Waals surface area contributed by atoms with Gasteiger partial charge >= 0.3 is 0 Å². The second-order valence-corrected chi connectivity index (χ2v) is 7.97. The number of ether oxygens (including phenoxy) is 2. The maximum Gasteiger partial charge on any atom is 0.243 e. The van der Waals surface area contributed by atoms with Crippen molar-refractivity contribution in [1.82, 2.24) is 15.1 Å². The number of hydrogen-bond acceptors (Lipinski definition) is 5. The highest BCUT2D eigenvalue weighted by Gasteiger charge is 2.22. The lowest BCUT2D eigenvalue weighted by molar-refractivity contribution is -0.127. The zero-order valence-corrected chi connectivity index (χ0v) is 21.2. The van der Waals surface area contributed by atoms with Crippen molar-refractivity contribution in [3.05, 3.63) is 24.3 Å². The fraction of sp³-hybridized carbons (Fsp3) is 0.636. The van der Waals surface area contributed by atoms with Crippen molar-refractivity contribution in [3.63, 3.8) is 0 Å². The monoisotopic (exact) mass is 545 g/mol. The molecule has 1 unspecified atom stereocenters. The van der Waals surface area contributed by atoms with Gasteiger partial charge in [0.1, 0.15) is 12.3 Å². The van der Waals surface area contributed by atoms with Crippen LogP contribution in [0.3, 0.4) is 0 Å². The second kappa shape index (κ2) is 12.9. The molecule has 1 N–H and O–H groups in total. The van der Waals surface area contributed by atoms with Gasteiger partial charge in [-0.15, -0.1) is 24.0 Å². The lowest BCUT2D eigenvalue weighted by Crippen LogP contribution is -2.54. The predicted molar refractivity (Wildman–Crippen MR) is 135 cm³/mol. The fourth-order valence-electron chi connectivity index (χ4n) is 3.71. The van der Waals surface area contributed by atoms with Gasteiger partial charge in [0.25, 0.3) is 0 Å². The number of rotatable bonds is 6. The van der Waals surface area contributed by atoms with Crippen molar-refractivity contribution in [3.8, 4) is 5.75 Å². The van der Waals surface area contributed by atoms with Crippen LogP contribution in [0.5, 0.6) is 5.75 Å². The first-order valence-electron chi connectivity index (χ1n) is 10.8. The van der Waals surface area contributed by atoms with Gasteiger partial charge in [0, 0.05) is 65.2 Å². The van der Waals surface area contributed by atoms with E-state index >= 15 is 0 Å². The van der Waals surface area contributed by atoms with Crippen LogP contribution in [0.25, 0.3) is 0 Å². The average molecular weight is 545 g/mol. The van der Waals surface area contributed by atoms with Gasteiger partial charge in [0.15, 0.2) is 5.96 Å². The highest BCUT2D eigenvalue weighted by Crippen LogP contribution is 2.22. The molecule has 1 atom stereocenters. The Hall–Kier alpha value is -1.75. The minimum atomic E-state index is -0.00164. The maximum absolute atomic E-state index is 12.1. The smallest absolute Gasteiger partial charge is 0.243 e. The maximum atomic E-state index is 12.1. The molecule has 0 spiro atoms. The van der Waals surface area contributed by atoms with Crippen LogP contribution in [-0.2, 0) is 9.53 Å². The zero-order valence-electron chi connectivity index (χ0n) is 18.9. The van der Waals surface area contributed by atoms with E-state index in [0.717, 1.165) is 63.9 Å². The highest BCUT2D eigenvalue weighted by atomic mass is 127. The van der Waals surface area contributed by atoms with Crippen LogP contribution in [-0.4, -0.2) is 94.9 Å².